The Morgan fingerprint density at radius 1 is 1.05 bits per heavy atom. The predicted octanol–water partition coefficient (Wildman–Crippen LogP) is 5.26. The van der Waals surface area contributed by atoms with Crippen LogP contribution in [0, 0.1) is 11.6 Å². The molecule has 0 saturated carbocycles. The summed E-state index contributed by atoms with van der Waals surface area (Å²) in [5.41, 5.74) is 1.56. The van der Waals surface area contributed by atoms with Gasteiger partial charge in [-0.05, 0) is 35.4 Å². The van der Waals surface area contributed by atoms with Gasteiger partial charge in [0.05, 0.1) is 0 Å². The molecule has 0 spiro atoms. The summed E-state index contributed by atoms with van der Waals surface area (Å²) in [5.74, 6) is -1.09. The molecule has 0 fully saturated rings. The van der Waals surface area contributed by atoms with Crippen molar-refractivity contribution in [1.82, 2.24) is 0 Å². The van der Waals surface area contributed by atoms with Crippen LogP contribution in [-0.2, 0) is 11.9 Å². The van der Waals surface area contributed by atoms with E-state index in [-0.39, 0.29) is 5.69 Å². The van der Waals surface area contributed by atoms with Gasteiger partial charge in [-0.1, -0.05) is 44.0 Å². The highest BCUT2D eigenvalue weighted by molar-refractivity contribution is 9.10. The van der Waals surface area contributed by atoms with Gasteiger partial charge in [0.25, 0.3) is 0 Å². The molecule has 0 radical (unpaired) electrons. The van der Waals surface area contributed by atoms with Gasteiger partial charge in [-0.25, -0.2) is 8.78 Å². The summed E-state index contributed by atoms with van der Waals surface area (Å²) in [7, 11) is 1.68. The molecule has 5 heteroatoms. The van der Waals surface area contributed by atoms with E-state index >= 15 is 0 Å². The standard InChI is InChI=1S/C15H13Br2F2N/c1-20(9-10-3-2-4-12(17)5-10)15-13(18)6-11(8-16)7-14(15)19/h2-7H,8-9H2,1H3. The van der Waals surface area contributed by atoms with Crippen LogP contribution in [0.2, 0.25) is 0 Å². The first-order chi connectivity index (χ1) is 9.51. The number of halogens is 4. The molecule has 106 valence electrons. The van der Waals surface area contributed by atoms with E-state index in [4.69, 9.17) is 0 Å². The molecule has 0 aliphatic heterocycles. The molecule has 0 amide bonds. The van der Waals surface area contributed by atoms with E-state index in [0.717, 1.165) is 10.0 Å². The van der Waals surface area contributed by atoms with Gasteiger partial charge in [-0.15, -0.1) is 0 Å². The van der Waals surface area contributed by atoms with E-state index in [1.54, 1.807) is 11.9 Å². The Kier molecular flexibility index (Phi) is 5.16. The van der Waals surface area contributed by atoms with Crippen LogP contribution in [0.25, 0.3) is 0 Å². The molecular weight excluding hydrogens is 392 g/mol. The maximum absolute atomic E-state index is 14.0. The van der Waals surface area contributed by atoms with Gasteiger partial charge in [-0.3, -0.25) is 0 Å². The van der Waals surface area contributed by atoms with Crippen LogP contribution in [0.1, 0.15) is 11.1 Å². The fourth-order valence-corrected chi connectivity index (χ4v) is 2.82. The molecule has 0 bridgehead atoms. The van der Waals surface area contributed by atoms with Crippen LogP contribution in [0.3, 0.4) is 0 Å². The van der Waals surface area contributed by atoms with Crippen LogP contribution in [-0.4, -0.2) is 7.05 Å². The first-order valence-corrected chi connectivity index (χ1v) is 7.92. The second kappa shape index (κ2) is 6.68. The molecule has 0 atom stereocenters. The highest BCUT2D eigenvalue weighted by Gasteiger charge is 2.15. The molecule has 0 aromatic heterocycles. The number of benzene rings is 2. The minimum absolute atomic E-state index is 0.00493. The second-order valence-electron chi connectivity index (χ2n) is 4.53. The van der Waals surface area contributed by atoms with Gasteiger partial charge in [-0.2, -0.15) is 0 Å². The van der Waals surface area contributed by atoms with Crippen LogP contribution >= 0.6 is 31.9 Å². The first-order valence-electron chi connectivity index (χ1n) is 6.00. The van der Waals surface area contributed by atoms with Crippen LogP contribution < -0.4 is 4.90 Å². The van der Waals surface area contributed by atoms with E-state index in [1.807, 2.05) is 24.3 Å². The lowest BCUT2D eigenvalue weighted by molar-refractivity contribution is 0.574. The van der Waals surface area contributed by atoms with Gasteiger partial charge in [0.2, 0.25) is 0 Å². The summed E-state index contributed by atoms with van der Waals surface area (Å²) in [4.78, 5) is 1.57. The lowest BCUT2D eigenvalue weighted by Crippen LogP contribution is -2.19. The van der Waals surface area contributed by atoms with E-state index in [0.29, 0.717) is 17.4 Å². The van der Waals surface area contributed by atoms with Gasteiger partial charge < -0.3 is 4.90 Å². The molecule has 0 aliphatic carbocycles. The normalized spacial score (nSPS) is 10.7. The molecule has 0 heterocycles. The van der Waals surface area contributed by atoms with E-state index < -0.39 is 11.6 Å². The number of hydrogen-bond donors (Lipinski definition) is 0. The van der Waals surface area contributed by atoms with Crippen LogP contribution in [0.15, 0.2) is 40.9 Å². The number of alkyl halides is 1. The van der Waals surface area contributed by atoms with Crippen molar-refractivity contribution < 1.29 is 8.78 Å². The topological polar surface area (TPSA) is 3.24 Å². The Balaban J connectivity index is 2.27. The molecule has 2 rings (SSSR count). The van der Waals surface area contributed by atoms with E-state index in [1.165, 1.54) is 12.1 Å². The Morgan fingerprint density at radius 3 is 2.25 bits per heavy atom. The van der Waals surface area contributed by atoms with Crippen molar-refractivity contribution in [2.24, 2.45) is 0 Å². The highest BCUT2D eigenvalue weighted by atomic mass is 79.9. The Morgan fingerprint density at radius 2 is 1.70 bits per heavy atom. The molecular formula is C15H13Br2F2N. The van der Waals surface area contributed by atoms with Gasteiger partial charge in [0.1, 0.15) is 17.3 Å². The maximum atomic E-state index is 14.0. The van der Waals surface area contributed by atoms with E-state index in [9.17, 15) is 8.78 Å². The fourth-order valence-electron chi connectivity index (χ4n) is 2.05. The molecule has 2 aromatic carbocycles. The third kappa shape index (κ3) is 3.58. The maximum Gasteiger partial charge on any atom is 0.149 e. The molecule has 2 aromatic rings. The molecule has 20 heavy (non-hydrogen) atoms. The second-order valence-corrected chi connectivity index (χ2v) is 6.00. The smallest absolute Gasteiger partial charge is 0.149 e. The summed E-state index contributed by atoms with van der Waals surface area (Å²) in [6.07, 6.45) is 0. The predicted molar refractivity (Wildman–Crippen MR) is 85.2 cm³/mol. The third-order valence-electron chi connectivity index (χ3n) is 2.92. The van der Waals surface area contributed by atoms with Crippen molar-refractivity contribution in [3.63, 3.8) is 0 Å². The average Bonchev–Trinajstić information content (AvgIpc) is 2.37. The van der Waals surface area contributed by atoms with Crippen molar-refractivity contribution in [3.05, 3.63) is 63.6 Å². The van der Waals surface area contributed by atoms with Crippen LogP contribution in [0.5, 0.6) is 0 Å². The summed E-state index contributed by atoms with van der Waals surface area (Å²) >= 11 is 6.58. The van der Waals surface area contributed by atoms with E-state index in [2.05, 4.69) is 31.9 Å². The molecule has 0 unspecified atom stereocenters. The number of nitrogens with zero attached hydrogens (tertiary/aromatic N) is 1. The highest BCUT2D eigenvalue weighted by Crippen LogP contribution is 2.26. The van der Waals surface area contributed by atoms with Gasteiger partial charge in [0, 0.05) is 23.4 Å². The number of rotatable bonds is 4. The number of anilines is 1. The Hall–Kier alpha value is -0.940. The average molecular weight is 405 g/mol. The summed E-state index contributed by atoms with van der Waals surface area (Å²) < 4.78 is 29.0. The zero-order valence-electron chi connectivity index (χ0n) is 10.8. The quantitative estimate of drug-likeness (QED) is 0.628. The fraction of sp³-hybridized carbons (Fsp3) is 0.200. The van der Waals surface area contributed by atoms with Crippen LogP contribution in [0.4, 0.5) is 14.5 Å². The first kappa shape index (κ1) is 15.4. The summed E-state index contributed by atoms with van der Waals surface area (Å²) in [5, 5.41) is 0.427. The van der Waals surface area contributed by atoms with Gasteiger partial charge >= 0.3 is 0 Å². The largest absolute Gasteiger partial charge is 0.366 e. The SMILES string of the molecule is CN(Cc1cccc(Br)c1)c1c(F)cc(CBr)cc1F. The molecule has 0 aliphatic rings. The van der Waals surface area contributed by atoms with Crippen molar-refractivity contribution in [3.8, 4) is 0 Å². The zero-order chi connectivity index (χ0) is 14.7. The van der Waals surface area contributed by atoms with Crippen molar-refractivity contribution in [2.75, 3.05) is 11.9 Å². The lowest BCUT2D eigenvalue weighted by atomic mass is 10.1. The molecule has 0 N–H and O–H groups in total. The monoisotopic (exact) mass is 403 g/mol. The van der Waals surface area contributed by atoms with Crippen molar-refractivity contribution in [2.45, 2.75) is 11.9 Å². The van der Waals surface area contributed by atoms with Crippen molar-refractivity contribution >= 4 is 37.5 Å². The third-order valence-corrected chi connectivity index (χ3v) is 4.06. The zero-order valence-corrected chi connectivity index (χ0v) is 14.0. The van der Waals surface area contributed by atoms with Crippen molar-refractivity contribution in [1.29, 1.82) is 0 Å². The lowest BCUT2D eigenvalue weighted by Gasteiger charge is -2.21. The molecule has 1 nitrogen and oxygen atoms in total. The minimum atomic E-state index is -0.544. The Bertz CT molecular complexity index is 594. The Labute approximate surface area is 133 Å². The van der Waals surface area contributed by atoms with Gasteiger partial charge in [0.15, 0.2) is 0 Å². The summed E-state index contributed by atoms with van der Waals surface area (Å²) in [6.45, 7) is 0.431. The minimum Gasteiger partial charge on any atom is -0.366 e. The number of hydrogen-bond acceptors (Lipinski definition) is 1. The summed E-state index contributed by atoms with van der Waals surface area (Å²) in [6, 6.07) is 10.4. The molecule has 0 saturated heterocycles.